The summed E-state index contributed by atoms with van der Waals surface area (Å²) in [5.41, 5.74) is 7.48. The molecule has 0 unspecified atom stereocenters. The Hall–Kier alpha value is -2.17. The van der Waals surface area contributed by atoms with Crippen LogP contribution in [0.25, 0.3) is 0 Å². The van der Waals surface area contributed by atoms with Crippen LogP contribution in [0.15, 0.2) is 30.5 Å². The molecule has 0 radical (unpaired) electrons. The maximum Gasteiger partial charge on any atom is 0.222 e. The summed E-state index contributed by atoms with van der Waals surface area (Å²) in [5.74, 6) is 1.11. The van der Waals surface area contributed by atoms with E-state index in [2.05, 4.69) is 15.0 Å². The number of nitrogens with two attached hydrogens (primary N) is 1. The van der Waals surface area contributed by atoms with Gasteiger partial charge in [0.2, 0.25) is 5.95 Å². The molecule has 0 fully saturated rings. The van der Waals surface area contributed by atoms with E-state index < -0.39 is 0 Å². The smallest absolute Gasteiger partial charge is 0.222 e. The molecule has 0 spiro atoms. The lowest BCUT2D eigenvalue weighted by atomic mass is 10.3. The first-order chi connectivity index (χ1) is 8.15. The third kappa shape index (κ3) is 2.90. The molecule has 2 rings (SSSR count). The molecule has 2 N–H and O–H groups in total. The van der Waals surface area contributed by atoms with Crippen LogP contribution >= 0.6 is 0 Å². The quantitative estimate of drug-likeness (QED) is 0.861. The SMILES string of the molecule is Cc1cc(N(C)Cc2ccccn2)nc(N)n1. The first-order valence-electron chi connectivity index (χ1n) is 5.37. The summed E-state index contributed by atoms with van der Waals surface area (Å²) in [6, 6.07) is 7.75. The molecule has 0 aromatic carbocycles. The average Bonchev–Trinajstić information content (AvgIpc) is 2.29. The Bertz CT molecular complexity index is 477. The maximum atomic E-state index is 5.63. The van der Waals surface area contributed by atoms with E-state index in [0.29, 0.717) is 12.5 Å². The molecule has 0 aliphatic rings. The molecular formula is C12H15N5. The molecule has 2 aromatic rings. The largest absolute Gasteiger partial charge is 0.368 e. The third-order valence-electron chi connectivity index (χ3n) is 2.37. The van der Waals surface area contributed by atoms with Crippen LogP contribution in [0.4, 0.5) is 11.8 Å². The van der Waals surface area contributed by atoms with E-state index in [1.165, 1.54) is 0 Å². The minimum Gasteiger partial charge on any atom is -0.368 e. The van der Waals surface area contributed by atoms with E-state index >= 15 is 0 Å². The molecule has 2 aromatic heterocycles. The molecule has 0 saturated heterocycles. The lowest BCUT2D eigenvalue weighted by Crippen LogP contribution is -2.19. The lowest BCUT2D eigenvalue weighted by molar-refractivity contribution is 0.860. The number of nitrogens with zero attached hydrogens (tertiary/aromatic N) is 4. The van der Waals surface area contributed by atoms with E-state index in [4.69, 9.17) is 5.73 Å². The molecule has 17 heavy (non-hydrogen) atoms. The molecule has 0 bridgehead atoms. The number of pyridine rings is 1. The monoisotopic (exact) mass is 229 g/mol. The van der Waals surface area contributed by atoms with E-state index in [1.807, 2.05) is 43.1 Å². The van der Waals surface area contributed by atoms with Gasteiger partial charge in [-0.2, -0.15) is 4.98 Å². The van der Waals surface area contributed by atoms with Crippen LogP contribution in [0, 0.1) is 6.92 Å². The standard InChI is InChI=1S/C12H15N5/c1-9-7-11(16-12(13)15-9)17(2)8-10-5-3-4-6-14-10/h3-7H,8H2,1-2H3,(H2,13,15,16). The lowest BCUT2D eigenvalue weighted by Gasteiger charge is -2.18. The highest BCUT2D eigenvalue weighted by molar-refractivity contribution is 5.42. The normalized spacial score (nSPS) is 10.2. The molecule has 0 atom stereocenters. The molecule has 0 aliphatic heterocycles. The second-order valence-corrected chi connectivity index (χ2v) is 3.90. The molecular weight excluding hydrogens is 214 g/mol. The number of nitrogen functional groups attached to an aromatic ring is 1. The molecule has 2 heterocycles. The van der Waals surface area contributed by atoms with Gasteiger partial charge in [0, 0.05) is 25.0 Å². The first-order valence-corrected chi connectivity index (χ1v) is 5.37. The van der Waals surface area contributed by atoms with Crippen molar-refractivity contribution in [3.63, 3.8) is 0 Å². The van der Waals surface area contributed by atoms with Crippen LogP contribution in [-0.2, 0) is 6.54 Å². The van der Waals surface area contributed by atoms with Crippen LogP contribution in [0.3, 0.4) is 0 Å². The fraction of sp³-hybridized carbons (Fsp3) is 0.250. The summed E-state index contributed by atoms with van der Waals surface area (Å²) < 4.78 is 0. The van der Waals surface area contributed by atoms with Gasteiger partial charge in [0.25, 0.3) is 0 Å². The van der Waals surface area contributed by atoms with Crippen LogP contribution in [-0.4, -0.2) is 22.0 Å². The van der Waals surface area contributed by atoms with Gasteiger partial charge in [0.15, 0.2) is 0 Å². The van der Waals surface area contributed by atoms with Crippen molar-refractivity contribution < 1.29 is 0 Å². The Morgan fingerprint density at radius 3 is 2.76 bits per heavy atom. The highest BCUT2D eigenvalue weighted by Gasteiger charge is 2.06. The number of hydrogen-bond acceptors (Lipinski definition) is 5. The summed E-state index contributed by atoms with van der Waals surface area (Å²) in [6.45, 7) is 2.59. The molecule has 0 saturated carbocycles. The van der Waals surface area contributed by atoms with E-state index in [1.54, 1.807) is 6.20 Å². The van der Waals surface area contributed by atoms with Crippen molar-refractivity contribution in [2.45, 2.75) is 13.5 Å². The maximum absolute atomic E-state index is 5.63. The minimum atomic E-state index is 0.299. The number of hydrogen-bond donors (Lipinski definition) is 1. The van der Waals surface area contributed by atoms with Crippen molar-refractivity contribution in [2.75, 3.05) is 17.7 Å². The topological polar surface area (TPSA) is 67.9 Å². The molecule has 5 nitrogen and oxygen atoms in total. The zero-order valence-corrected chi connectivity index (χ0v) is 9.96. The number of rotatable bonds is 3. The van der Waals surface area contributed by atoms with Gasteiger partial charge in [0.05, 0.1) is 12.2 Å². The zero-order valence-electron chi connectivity index (χ0n) is 9.96. The highest BCUT2D eigenvalue weighted by Crippen LogP contribution is 2.13. The van der Waals surface area contributed by atoms with E-state index in [9.17, 15) is 0 Å². The summed E-state index contributed by atoms with van der Waals surface area (Å²) in [7, 11) is 1.95. The van der Waals surface area contributed by atoms with Crippen LogP contribution in [0.5, 0.6) is 0 Å². The Kier molecular flexibility index (Phi) is 3.18. The predicted octanol–water partition coefficient (Wildman–Crippen LogP) is 1.40. The number of aryl methyl sites for hydroxylation is 1. The Labute approximate surface area is 100 Å². The van der Waals surface area contributed by atoms with Crippen molar-refractivity contribution in [3.05, 3.63) is 41.9 Å². The molecule has 88 valence electrons. The van der Waals surface area contributed by atoms with Crippen molar-refractivity contribution in [1.29, 1.82) is 0 Å². The Morgan fingerprint density at radius 2 is 2.12 bits per heavy atom. The first kappa shape index (κ1) is 11.3. The fourth-order valence-electron chi connectivity index (χ4n) is 1.59. The third-order valence-corrected chi connectivity index (χ3v) is 2.37. The molecule has 0 aliphatic carbocycles. The summed E-state index contributed by atoms with van der Waals surface area (Å²) in [5, 5.41) is 0. The van der Waals surface area contributed by atoms with Crippen LogP contribution in [0.1, 0.15) is 11.4 Å². The second kappa shape index (κ2) is 4.78. The molecule has 5 heteroatoms. The van der Waals surface area contributed by atoms with Gasteiger partial charge >= 0.3 is 0 Å². The van der Waals surface area contributed by atoms with Gasteiger partial charge in [-0.25, -0.2) is 4.98 Å². The van der Waals surface area contributed by atoms with Gasteiger partial charge in [0.1, 0.15) is 5.82 Å². The second-order valence-electron chi connectivity index (χ2n) is 3.90. The van der Waals surface area contributed by atoms with Crippen molar-refractivity contribution in [3.8, 4) is 0 Å². The van der Waals surface area contributed by atoms with Crippen LogP contribution in [0.2, 0.25) is 0 Å². The average molecular weight is 229 g/mol. The van der Waals surface area contributed by atoms with Crippen molar-refractivity contribution in [2.24, 2.45) is 0 Å². The van der Waals surface area contributed by atoms with E-state index in [0.717, 1.165) is 17.2 Å². The molecule has 0 amide bonds. The van der Waals surface area contributed by atoms with E-state index in [-0.39, 0.29) is 0 Å². The van der Waals surface area contributed by atoms with Gasteiger partial charge in [-0.15, -0.1) is 0 Å². The predicted molar refractivity (Wildman–Crippen MR) is 67.5 cm³/mol. The highest BCUT2D eigenvalue weighted by atomic mass is 15.2. The number of aromatic nitrogens is 3. The zero-order chi connectivity index (χ0) is 12.3. The minimum absolute atomic E-state index is 0.299. The van der Waals surface area contributed by atoms with Gasteiger partial charge in [-0.1, -0.05) is 6.07 Å². The summed E-state index contributed by atoms with van der Waals surface area (Å²) >= 11 is 0. The Morgan fingerprint density at radius 1 is 1.29 bits per heavy atom. The fourth-order valence-corrected chi connectivity index (χ4v) is 1.59. The van der Waals surface area contributed by atoms with Gasteiger partial charge in [-0.3, -0.25) is 4.98 Å². The van der Waals surface area contributed by atoms with Crippen molar-refractivity contribution in [1.82, 2.24) is 15.0 Å². The Balaban J connectivity index is 2.17. The van der Waals surface area contributed by atoms with Crippen LogP contribution < -0.4 is 10.6 Å². The van der Waals surface area contributed by atoms with Crippen molar-refractivity contribution >= 4 is 11.8 Å². The summed E-state index contributed by atoms with van der Waals surface area (Å²) in [6.07, 6.45) is 1.78. The van der Waals surface area contributed by atoms with Gasteiger partial charge in [-0.05, 0) is 19.1 Å². The van der Waals surface area contributed by atoms with Gasteiger partial charge < -0.3 is 10.6 Å². The summed E-state index contributed by atoms with van der Waals surface area (Å²) in [4.78, 5) is 14.5. The number of anilines is 2.